The largest absolute Gasteiger partial charge is 0.481 e. The summed E-state index contributed by atoms with van der Waals surface area (Å²) in [4.78, 5) is 38.5. The molecule has 3 atom stereocenters. The summed E-state index contributed by atoms with van der Waals surface area (Å²) in [6, 6.07) is 14.4. The maximum absolute atomic E-state index is 13.0. The molecule has 1 fully saturated rings. The van der Waals surface area contributed by atoms with Crippen LogP contribution in [0.25, 0.3) is 11.1 Å². The van der Waals surface area contributed by atoms with E-state index in [1.165, 1.54) is 4.90 Å². The summed E-state index contributed by atoms with van der Waals surface area (Å²) in [5.41, 5.74) is 4.32. The van der Waals surface area contributed by atoms with Crippen molar-refractivity contribution < 1.29 is 29.3 Å². The van der Waals surface area contributed by atoms with E-state index in [1.807, 2.05) is 55.5 Å². The highest BCUT2D eigenvalue weighted by molar-refractivity contribution is 5.89. The SMILES string of the molecule is CC1C(CO)CCN1C(=O)C(CC(=O)O)NC(=O)OCC1c2ccccc2-c2ccccc21. The number of rotatable bonds is 7. The van der Waals surface area contributed by atoms with Gasteiger partial charge in [-0.3, -0.25) is 9.59 Å². The quantitative estimate of drug-likeness (QED) is 0.595. The summed E-state index contributed by atoms with van der Waals surface area (Å²) in [7, 11) is 0. The molecule has 0 saturated carbocycles. The molecule has 1 aliphatic carbocycles. The first kappa shape index (κ1) is 22.8. The Balaban J connectivity index is 1.43. The molecule has 4 rings (SSSR count). The number of ether oxygens (including phenoxy) is 1. The van der Waals surface area contributed by atoms with Gasteiger partial charge in [0.15, 0.2) is 0 Å². The van der Waals surface area contributed by atoms with Gasteiger partial charge in [0.2, 0.25) is 5.91 Å². The molecule has 1 saturated heterocycles. The Labute approximate surface area is 192 Å². The molecule has 1 heterocycles. The van der Waals surface area contributed by atoms with Crippen LogP contribution < -0.4 is 5.32 Å². The lowest BCUT2D eigenvalue weighted by Crippen LogP contribution is -2.51. The van der Waals surface area contributed by atoms with Crippen LogP contribution in [0, 0.1) is 5.92 Å². The molecular formula is C25H28N2O6. The molecule has 2 aromatic carbocycles. The highest BCUT2D eigenvalue weighted by Crippen LogP contribution is 2.44. The lowest BCUT2D eigenvalue weighted by atomic mass is 9.98. The number of alkyl carbamates (subject to hydrolysis) is 1. The lowest BCUT2D eigenvalue weighted by Gasteiger charge is -2.28. The topological polar surface area (TPSA) is 116 Å². The van der Waals surface area contributed by atoms with Gasteiger partial charge in [0.05, 0.1) is 6.42 Å². The van der Waals surface area contributed by atoms with Crippen molar-refractivity contribution in [1.29, 1.82) is 0 Å². The third-order valence-electron chi connectivity index (χ3n) is 6.74. The summed E-state index contributed by atoms with van der Waals surface area (Å²) in [6.07, 6.45) is -0.744. The van der Waals surface area contributed by atoms with Gasteiger partial charge in [0, 0.05) is 31.0 Å². The average Bonchev–Trinajstić information content (AvgIpc) is 3.34. The lowest BCUT2D eigenvalue weighted by molar-refractivity contribution is -0.143. The predicted molar refractivity (Wildman–Crippen MR) is 121 cm³/mol. The minimum absolute atomic E-state index is 0.0473. The average molecular weight is 453 g/mol. The zero-order chi connectivity index (χ0) is 23.5. The number of hydrogen-bond donors (Lipinski definition) is 3. The Bertz CT molecular complexity index is 1010. The number of amides is 2. The van der Waals surface area contributed by atoms with Gasteiger partial charge in [0.1, 0.15) is 12.6 Å². The fraction of sp³-hybridized carbons (Fsp3) is 0.400. The molecule has 2 aliphatic rings. The van der Waals surface area contributed by atoms with Crippen molar-refractivity contribution in [2.75, 3.05) is 19.8 Å². The second-order valence-electron chi connectivity index (χ2n) is 8.62. The van der Waals surface area contributed by atoms with Gasteiger partial charge < -0.3 is 25.2 Å². The molecular weight excluding hydrogens is 424 g/mol. The second-order valence-corrected chi connectivity index (χ2v) is 8.62. The number of carbonyl (C=O) groups is 3. The van der Waals surface area contributed by atoms with Gasteiger partial charge in [0.25, 0.3) is 0 Å². The van der Waals surface area contributed by atoms with E-state index >= 15 is 0 Å². The minimum atomic E-state index is -1.24. The van der Waals surface area contributed by atoms with Crippen molar-refractivity contribution in [2.45, 2.75) is 37.8 Å². The molecule has 1 aliphatic heterocycles. The van der Waals surface area contributed by atoms with Crippen molar-refractivity contribution in [3.63, 3.8) is 0 Å². The van der Waals surface area contributed by atoms with Gasteiger partial charge in [-0.1, -0.05) is 48.5 Å². The van der Waals surface area contributed by atoms with Crippen molar-refractivity contribution in [1.82, 2.24) is 10.2 Å². The molecule has 0 spiro atoms. The highest BCUT2D eigenvalue weighted by atomic mass is 16.5. The maximum Gasteiger partial charge on any atom is 0.407 e. The molecule has 3 unspecified atom stereocenters. The molecule has 8 heteroatoms. The second kappa shape index (κ2) is 9.62. The Hall–Kier alpha value is -3.39. The van der Waals surface area contributed by atoms with Crippen molar-refractivity contribution in [3.8, 4) is 11.1 Å². The molecule has 2 amide bonds. The van der Waals surface area contributed by atoms with Gasteiger partial charge in [-0.15, -0.1) is 0 Å². The number of carboxylic acid groups (broad SMARTS) is 1. The van der Waals surface area contributed by atoms with E-state index in [1.54, 1.807) is 0 Å². The summed E-state index contributed by atoms with van der Waals surface area (Å²) in [5.74, 6) is -1.87. The zero-order valence-corrected chi connectivity index (χ0v) is 18.4. The van der Waals surface area contributed by atoms with E-state index in [9.17, 15) is 24.6 Å². The smallest absolute Gasteiger partial charge is 0.407 e. The maximum atomic E-state index is 13.0. The number of aliphatic hydroxyl groups excluding tert-OH is 1. The van der Waals surface area contributed by atoms with Crippen LogP contribution in [0.2, 0.25) is 0 Å². The third-order valence-corrected chi connectivity index (χ3v) is 6.74. The molecule has 0 radical (unpaired) electrons. The molecule has 2 aromatic rings. The molecule has 174 valence electrons. The number of benzene rings is 2. The highest BCUT2D eigenvalue weighted by Gasteiger charge is 2.38. The summed E-state index contributed by atoms with van der Waals surface area (Å²) < 4.78 is 5.48. The Morgan fingerprint density at radius 3 is 2.24 bits per heavy atom. The normalized spacial score (nSPS) is 20.1. The zero-order valence-electron chi connectivity index (χ0n) is 18.4. The molecule has 0 aromatic heterocycles. The van der Waals surface area contributed by atoms with E-state index in [-0.39, 0.29) is 31.1 Å². The summed E-state index contributed by atoms with van der Waals surface area (Å²) in [5, 5.41) is 21.2. The molecule has 3 N–H and O–H groups in total. The first-order chi connectivity index (χ1) is 15.9. The van der Waals surface area contributed by atoms with Crippen molar-refractivity contribution in [2.24, 2.45) is 5.92 Å². The van der Waals surface area contributed by atoms with Gasteiger partial charge in [-0.2, -0.15) is 0 Å². The van der Waals surface area contributed by atoms with Crippen molar-refractivity contribution >= 4 is 18.0 Å². The van der Waals surface area contributed by atoms with Crippen molar-refractivity contribution in [3.05, 3.63) is 59.7 Å². The van der Waals surface area contributed by atoms with Gasteiger partial charge in [-0.25, -0.2) is 4.79 Å². The number of fused-ring (bicyclic) bond motifs is 3. The predicted octanol–water partition coefficient (Wildman–Crippen LogP) is 2.60. The van der Waals surface area contributed by atoms with Crippen LogP contribution in [0.5, 0.6) is 0 Å². The number of carbonyl (C=O) groups excluding carboxylic acids is 2. The number of nitrogens with one attached hydrogen (secondary N) is 1. The Morgan fingerprint density at radius 1 is 1.09 bits per heavy atom. The van der Waals surface area contributed by atoms with Crippen LogP contribution in [0.4, 0.5) is 4.79 Å². The number of aliphatic carboxylic acids is 1. The number of nitrogens with zero attached hydrogens (tertiary/aromatic N) is 1. The van der Waals surface area contributed by atoms with Crippen LogP contribution in [0.3, 0.4) is 0 Å². The van der Waals surface area contributed by atoms with Crippen LogP contribution >= 0.6 is 0 Å². The Morgan fingerprint density at radius 2 is 1.70 bits per heavy atom. The van der Waals surface area contributed by atoms with E-state index in [2.05, 4.69) is 5.32 Å². The monoisotopic (exact) mass is 452 g/mol. The number of hydrogen-bond acceptors (Lipinski definition) is 5. The number of carboxylic acids is 1. The molecule has 0 bridgehead atoms. The first-order valence-corrected chi connectivity index (χ1v) is 11.1. The fourth-order valence-corrected chi connectivity index (χ4v) is 4.92. The van der Waals surface area contributed by atoms with E-state index in [0.29, 0.717) is 13.0 Å². The van der Waals surface area contributed by atoms with Crippen LogP contribution in [-0.2, 0) is 14.3 Å². The number of aliphatic hydroxyl groups is 1. The standard InChI is InChI=1S/C25H28N2O6/c1-15-16(13-28)10-11-27(15)24(31)22(12-23(29)30)26-25(32)33-14-21-19-8-4-2-6-17(19)18-7-3-5-9-20(18)21/h2-9,15-16,21-22,28H,10-14H2,1H3,(H,26,32)(H,29,30). The van der Waals surface area contributed by atoms with Gasteiger partial charge in [-0.05, 0) is 35.6 Å². The van der Waals surface area contributed by atoms with Crippen LogP contribution in [-0.4, -0.2) is 64.9 Å². The third kappa shape index (κ3) is 4.57. The van der Waals surface area contributed by atoms with Crippen LogP contribution in [0.15, 0.2) is 48.5 Å². The molecule has 8 nitrogen and oxygen atoms in total. The van der Waals surface area contributed by atoms with E-state index in [0.717, 1.165) is 22.3 Å². The van der Waals surface area contributed by atoms with Gasteiger partial charge >= 0.3 is 12.1 Å². The fourth-order valence-electron chi connectivity index (χ4n) is 4.92. The minimum Gasteiger partial charge on any atom is -0.481 e. The Kier molecular flexibility index (Phi) is 6.65. The summed E-state index contributed by atoms with van der Waals surface area (Å²) >= 11 is 0. The first-order valence-electron chi connectivity index (χ1n) is 11.1. The van der Waals surface area contributed by atoms with E-state index < -0.39 is 30.4 Å². The van der Waals surface area contributed by atoms with E-state index in [4.69, 9.17) is 4.74 Å². The molecule has 33 heavy (non-hydrogen) atoms. The van der Waals surface area contributed by atoms with Crippen LogP contribution in [0.1, 0.15) is 36.8 Å². The summed E-state index contributed by atoms with van der Waals surface area (Å²) in [6.45, 7) is 2.25. The number of likely N-dealkylation sites (tertiary alicyclic amines) is 1.